The number of hydrogen-bond acceptors (Lipinski definition) is 2. The first-order chi connectivity index (χ1) is 8.74. The summed E-state index contributed by atoms with van der Waals surface area (Å²) in [6.45, 7) is 0.489. The zero-order valence-corrected chi connectivity index (χ0v) is 11.3. The predicted molar refractivity (Wildman–Crippen MR) is 70.3 cm³/mol. The molecule has 1 aliphatic carbocycles. The second kappa shape index (κ2) is 4.65. The Kier molecular flexibility index (Phi) is 2.99. The van der Waals surface area contributed by atoms with E-state index in [0.29, 0.717) is 18.3 Å². The van der Waals surface area contributed by atoms with E-state index in [2.05, 4.69) is 25.8 Å². The topological polar surface area (TPSA) is 47.2 Å². The summed E-state index contributed by atoms with van der Waals surface area (Å²) in [7, 11) is 0. The molecule has 0 aliphatic heterocycles. The van der Waals surface area contributed by atoms with E-state index in [1.54, 1.807) is 12.5 Å². The molecule has 0 spiro atoms. The summed E-state index contributed by atoms with van der Waals surface area (Å²) in [6, 6.07) is 4.20. The lowest BCUT2D eigenvalue weighted by molar-refractivity contribution is 0.0941. The number of rotatable bonds is 4. The van der Waals surface area contributed by atoms with Crippen LogP contribution < -0.4 is 5.32 Å². The quantitative estimate of drug-likeness (QED) is 0.943. The van der Waals surface area contributed by atoms with Crippen LogP contribution in [0, 0.1) is 0 Å². The minimum atomic E-state index is -0.0474. The van der Waals surface area contributed by atoms with Crippen LogP contribution in [0.5, 0.6) is 0 Å². The smallest absolute Gasteiger partial charge is 0.268 e. The number of nitrogens with one attached hydrogen (secondary N) is 1. The Morgan fingerprint density at radius 2 is 2.39 bits per heavy atom. The normalized spacial score (nSPS) is 14.7. The average molecular weight is 309 g/mol. The lowest BCUT2D eigenvalue weighted by Crippen LogP contribution is -2.25. The minimum Gasteiger partial charge on any atom is -0.472 e. The highest BCUT2D eigenvalue weighted by molar-refractivity contribution is 9.10. The van der Waals surface area contributed by atoms with Crippen molar-refractivity contribution >= 4 is 21.8 Å². The Labute approximate surface area is 113 Å². The van der Waals surface area contributed by atoms with Crippen LogP contribution in [-0.4, -0.2) is 10.5 Å². The molecule has 1 fully saturated rings. The summed E-state index contributed by atoms with van der Waals surface area (Å²) in [5.41, 5.74) is 1.68. The second-order valence-electron chi connectivity index (χ2n) is 4.50. The van der Waals surface area contributed by atoms with Crippen molar-refractivity contribution in [3.63, 3.8) is 0 Å². The van der Waals surface area contributed by atoms with Gasteiger partial charge < -0.3 is 14.3 Å². The number of furan rings is 1. The number of amides is 1. The van der Waals surface area contributed by atoms with Crippen LogP contribution >= 0.6 is 15.9 Å². The highest BCUT2D eigenvalue weighted by atomic mass is 79.9. The van der Waals surface area contributed by atoms with Crippen LogP contribution in [0.3, 0.4) is 0 Å². The number of halogens is 1. The summed E-state index contributed by atoms with van der Waals surface area (Å²) in [5.74, 6) is -0.0474. The van der Waals surface area contributed by atoms with Gasteiger partial charge in [0.1, 0.15) is 5.69 Å². The Balaban J connectivity index is 1.71. The molecule has 2 aromatic heterocycles. The van der Waals surface area contributed by atoms with Gasteiger partial charge in [0, 0.05) is 28.8 Å². The van der Waals surface area contributed by atoms with E-state index in [1.807, 2.05) is 18.3 Å². The standard InChI is InChI=1S/C13H13BrN2O2/c14-10-5-12(16(7-10)11-1-2-11)13(17)15-6-9-3-4-18-8-9/h3-5,7-8,11H,1-2,6H2,(H,15,17). The maximum Gasteiger partial charge on any atom is 0.268 e. The SMILES string of the molecule is O=C(NCc1ccoc1)c1cc(Br)cn1C1CC1. The van der Waals surface area contributed by atoms with Crippen LogP contribution in [0.1, 0.15) is 34.9 Å². The molecular formula is C13H13BrN2O2. The van der Waals surface area contributed by atoms with Crippen LogP contribution in [-0.2, 0) is 6.54 Å². The second-order valence-corrected chi connectivity index (χ2v) is 5.41. The van der Waals surface area contributed by atoms with Gasteiger partial charge in [-0.25, -0.2) is 0 Å². The molecule has 2 heterocycles. The van der Waals surface area contributed by atoms with Crippen molar-refractivity contribution in [2.45, 2.75) is 25.4 Å². The largest absolute Gasteiger partial charge is 0.472 e. The molecule has 5 heteroatoms. The van der Waals surface area contributed by atoms with E-state index in [-0.39, 0.29) is 5.91 Å². The van der Waals surface area contributed by atoms with Gasteiger partial charge in [-0.2, -0.15) is 0 Å². The van der Waals surface area contributed by atoms with Crippen LogP contribution in [0.4, 0.5) is 0 Å². The molecule has 18 heavy (non-hydrogen) atoms. The first-order valence-electron chi connectivity index (χ1n) is 5.90. The summed E-state index contributed by atoms with van der Waals surface area (Å²) in [4.78, 5) is 12.1. The van der Waals surface area contributed by atoms with Crippen LogP contribution in [0.25, 0.3) is 0 Å². The highest BCUT2D eigenvalue weighted by Crippen LogP contribution is 2.37. The lowest BCUT2D eigenvalue weighted by Gasteiger charge is -2.07. The van der Waals surface area contributed by atoms with E-state index < -0.39 is 0 Å². The maximum absolute atomic E-state index is 12.1. The Morgan fingerprint density at radius 3 is 3.06 bits per heavy atom. The summed E-state index contributed by atoms with van der Waals surface area (Å²) in [6.07, 6.45) is 7.53. The fourth-order valence-corrected chi connectivity index (χ4v) is 2.39. The molecule has 0 saturated heterocycles. The van der Waals surface area contributed by atoms with Crippen molar-refractivity contribution in [3.05, 3.63) is 46.6 Å². The van der Waals surface area contributed by atoms with E-state index in [0.717, 1.165) is 22.9 Å². The zero-order chi connectivity index (χ0) is 12.5. The molecule has 0 bridgehead atoms. The van der Waals surface area contributed by atoms with E-state index >= 15 is 0 Å². The average Bonchev–Trinajstić information content (AvgIpc) is 2.92. The van der Waals surface area contributed by atoms with Gasteiger partial charge >= 0.3 is 0 Å². The number of hydrogen-bond donors (Lipinski definition) is 1. The van der Waals surface area contributed by atoms with E-state index in [4.69, 9.17) is 4.42 Å². The monoisotopic (exact) mass is 308 g/mol. The number of nitrogens with zero attached hydrogens (tertiary/aromatic N) is 1. The van der Waals surface area contributed by atoms with Gasteiger partial charge in [-0.1, -0.05) is 0 Å². The van der Waals surface area contributed by atoms with Crippen molar-refractivity contribution in [3.8, 4) is 0 Å². The van der Waals surface area contributed by atoms with Crippen molar-refractivity contribution in [1.82, 2.24) is 9.88 Å². The van der Waals surface area contributed by atoms with E-state index in [9.17, 15) is 4.79 Å². The van der Waals surface area contributed by atoms with Gasteiger partial charge in [-0.15, -0.1) is 0 Å². The van der Waals surface area contributed by atoms with Crippen molar-refractivity contribution in [2.24, 2.45) is 0 Å². The molecular weight excluding hydrogens is 296 g/mol. The lowest BCUT2D eigenvalue weighted by atomic mass is 10.3. The van der Waals surface area contributed by atoms with Gasteiger partial charge in [-0.3, -0.25) is 4.79 Å². The third-order valence-corrected chi connectivity index (χ3v) is 3.45. The summed E-state index contributed by atoms with van der Waals surface area (Å²) < 4.78 is 7.96. The Morgan fingerprint density at radius 1 is 1.56 bits per heavy atom. The minimum absolute atomic E-state index is 0.0474. The maximum atomic E-state index is 12.1. The summed E-state index contributed by atoms with van der Waals surface area (Å²) >= 11 is 3.42. The molecule has 0 radical (unpaired) electrons. The van der Waals surface area contributed by atoms with Gasteiger partial charge in [0.05, 0.1) is 12.5 Å². The number of carbonyl (C=O) groups is 1. The predicted octanol–water partition coefficient (Wildman–Crippen LogP) is 3.11. The van der Waals surface area contributed by atoms with Crippen molar-refractivity contribution in [1.29, 1.82) is 0 Å². The third kappa shape index (κ3) is 2.36. The first kappa shape index (κ1) is 11.6. The van der Waals surface area contributed by atoms with E-state index in [1.165, 1.54) is 0 Å². The molecule has 1 N–H and O–H groups in total. The van der Waals surface area contributed by atoms with Gasteiger partial charge in [-0.05, 0) is 40.9 Å². The fraction of sp³-hybridized carbons (Fsp3) is 0.308. The van der Waals surface area contributed by atoms with Gasteiger partial charge in [0.25, 0.3) is 5.91 Å². The molecule has 94 valence electrons. The molecule has 1 saturated carbocycles. The molecule has 4 nitrogen and oxygen atoms in total. The first-order valence-corrected chi connectivity index (χ1v) is 6.70. The molecule has 3 rings (SSSR count). The van der Waals surface area contributed by atoms with Crippen molar-refractivity contribution < 1.29 is 9.21 Å². The fourth-order valence-electron chi connectivity index (χ4n) is 1.95. The molecule has 0 unspecified atom stereocenters. The third-order valence-electron chi connectivity index (χ3n) is 3.02. The highest BCUT2D eigenvalue weighted by Gasteiger charge is 2.27. The number of carbonyl (C=O) groups excluding carboxylic acids is 1. The van der Waals surface area contributed by atoms with Gasteiger partial charge in [0.2, 0.25) is 0 Å². The van der Waals surface area contributed by atoms with Crippen molar-refractivity contribution in [2.75, 3.05) is 0 Å². The Hall–Kier alpha value is -1.49. The summed E-state index contributed by atoms with van der Waals surface area (Å²) in [5, 5.41) is 2.90. The van der Waals surface area contributed by atoms with Crippen LogP contribution in [0.2, 0.25) is 0 Å². The van der Waals surface area contributed by atoms with Crippen LogP contribution in [0.15, 0.2) is 39.7 Å². The molecule has 2 aromatic rings. The molecule has 0 aromatic carbocycles. The number of aromatic nitrogens is 1. The molecule has 0 atom stereocenters. The van der Waals surface area contributed by atoms with Gasteiger partial charge in [0.15, 0.2) is 0 Å². The zero-order valence-electron chi connectivity index (χ0n) is 9.73. The molecule has 1 aliphatic rings. The molecule has 1 amide bonds. The Bertz CT molecular complexity index is 556.